The highest BCUT2D eigenvalue weighted by molar-refractivity contribution is 5.97. The van der Waals surface area contributed by atoms with Crippen molar-refractivity contribution in [3.05, 3.63) is 33.9 Å². The molecule has 2 aromatic rings. The largest absolute Gasteiger partial charge is 0.492 e. The number of halogens is 4. The number of carboxylic acids is 1. The number of hydrogen-bond donors (Lipinski definition) is 2. The fourth-order valence-electron chi connectivity index (χ4n) is 4.33. The average molecular weight is 444 g/mol. The number of hydrogen-bond acceptors (Lipinski definition) is 5. The lowest BCUT2D eigenvalue weighted by Gasteiger charge is -2.25. The van der Waals surface area contributed by atoms with E-state index in [0.717, 1.165) is 6.07 Å². The van der Waals surface area contributed by atoms with Gasteiger partial charge in [0.05, 0.1) is 23.9 Å². The summed E-state index contributed by atoms with van der Waals surface area (Å²) in [5.74, 6) is -5.57. The van der Waals surface area contributed by atoms with Gasteiger partial charge in [-0.3, -0.25) is 4.79 Å². The number of ether oxygens (including phenoxy) is 1. The van der Waals surface area contributed by atoms with Gasteiger partial charge in [0, 0.05) is 37.9 Å². The zero-order chi connectivity index (χ0) is 22.7. The van der Waals surface area contributed by atoms with Gasteiger partial charge in [-0.15, -0.1) is 0 Å². The molecule has 1 saturated heterocycles. The van der Waals surface area contributed by atoms with Crippen LogP contribution in [0.5, 0.6) is 5.75 Å². The molecule has 2 atom stereocenters. The molecular formula is C20H20F4N2O5. The quantitative estimate of drug-likeness (QED) is 0.690. The van der Waals surface area contributed by atoms with Crippen LogP contribution in [0.1, 0.15) is 29.2 Å². The Bertz CT molecular complexity index is 1110. The summed E-state index contributed by atoms with van der Waals surface area (Å²) in [5.41, 5.74) is -1.51. The normalized spacial score (nSPS) is 21.7. The van der Waals surface area contributed by atoms with Crippen LogP contribution in [0, 0.1) is 17.7 Å². The summed E-state index contributed by atoms with van der Waals surface area (Å²) in [4.78, 5) is 25.4. The monoisotopic (exact) mass is 444 g/mol. The maximum Gasteiger partial charge on any atom is 0.393 e. The number of aliphatic hydroxyl groups excluding tert-OH is 1. The standard InChI is InChI=1S/C20H20F4N2O5/c1-31-18-15-11(17(28)12(19(29)30)6-26(15)10-2-3-10)4-14(21)16(18)25-5-9(8-27)13(7-25)20(22,23)24/h4,6,9-10,13,27H,2-3,5,7-8H2,1H3,(H,29,30)/t9-,13-/m1/s1. The number of fused-ring (bicyclic) bond motifs is 1. The molecule has 0 unspecified atom stereocenters. The van der Waals surface area contributed by atoms with Crippen LogP contribution in [0.4, 0.5) is 23.2 Å². The maximum atomic E-state index is 15.2. The first-order valence-corrected chi connectivity index (χ1v) is 9.69. The van der Waals surface area contributed by atoms with Gasteiger partial charge in [0.25, 0.3) is 0 Å². The van der Waals surface area contributed by atoms with Crippen molar-refractivity contribution in [3.8, 4) is 5.75 Å². The van der Waals surface area contributed by atoms with Gasteiger partial charge < -0.3 is 24.4 Å². The smallest absolute Gasteiger partial charge is 0.393 e. The first-order chi connectivity index (χ1) is 14.6. The van der Waals surface area contributed by atoms with Gasteiger partial charge in [-0.05, 0) is 18.9 Å². The van der Waals surface area contributed by atoms with Crippen LogP contribution >= 0.6 is 0 Å². The molecule has 1 aromatic heterocycles. The minimum absolute atomic E-state index is 0.125. The van der Waals surface area contributed by atoms with Crippen LogP contribution in [0.2, 0.25) is 0 Å². The van der Waals surface area contributed by atoms with Crippen molar-refractivity contribution in [2.24, 2.45) is 11.8 Å². The first kappa shape index (κ1) is 21.4. The van der Waals surface area contributed by atoms with Crippen molar-refractivity contribution in [1.29, 1.82) is 0 Å². The maximum absolute atomic E-state index is 15.2. The topological polar surface area (TPSA) is 92.0 Å². The summed E-state index contributed by atoms with van der Waals surface area (Å²) in [5, 5.41) is 18.6. The highest BCUT2D eigenvalue weighted by Gasteiger charge is 2.50. The highest BCUT2D eigenvalue weighted by Crippen LogP contribution is 2.46. The molecule has 2 N–H and O–H groups in total. The van der Waals surface area contributed by atoms with Crippen LogP contribution in [-0.4, -0.2) is 53.7 Å². The number of nitrogens with zero attached hydrogens (tertiary/aromatic N) is 2. The van der Waals surface area contributed by atoms with Gasteiger partial charge in [-0.25, -0.2) is 9.18 Å². The number of aliphatic hydroxyl groups is 1. The van der Waals surface area contributed by atoms with Crippen LogP contribution in [0.3, 0.4) is 0 Å². The lowest BCUT2D eigenvalue weighted by molar-refractivity contribution is -0.181. The molecule has 1 aliphatic carbocycles. The van der Waals surface area contributed by atoms with Gasteiger partial charge in [0.15, 0.2) is 11.6 Å². The van der Waals surface area contributed by atoms with E-state index in [1.54, 1.807) is 0 Å². The number of anilines is 1. The van der Waals surface area contributed by atoms with Crippen LogP contribution < -0.4 is 15.1 Å². The molecule has 168 valence electrons. The van der Waals surface area contributed by atoms with E-state index >= 15 is 4.39 Å². The van der Waals surface area contributed by atoms with Gasteiger partial charge in [0.2, 0.25) is 5.43 Å². The third kappa shape index (κ3) is 3.50. The van der Waals surface area contributed by atoms with E-state index in [2.05, 4.69) is 0 Å². The molecule has 11 heteroatoms. The number of pyridine rings is 1. The molecule has 1 aliphatic heterocycles. The molecule has 1 aromatic carbocycles. The molecule has 0 amide bonds. The zero-order valence-corrected chi connectivity index (χ0v) is 16.4. The molecule has 7 nitrogen and oxygen atoms in total. The number of alkyl halides is 3. The summed E-state index contributed by atoms with van der Waals surface area (Å²) < 4.78 is 62.3. The Morgan fingerprint density at radius 1 is 1.29 bits per heavy atom. The molecule has 4 rings (SSSR count). The molecule has 0 spiro atoms. The van der Waals surface area contributed by atoms with E-state index in [1.165, 1.54) is 22.8 Å². The number of carbonyl (C=O) groups is 1. The summed E-state index contributed by atoms with van der Waals surface area (Å²) in [6.45, 7) is -1.54. The second kappa shape index (κ2) is 7.40. The van der Waals surface area contributed by atoms with Crippen molar-refractivity contribution >= 4 is 22.6 Å². The second-order valence-corrected chi connectivity index (χ2v) is 7.95. The second-order valence-electron chi connectivity index (χ2n) is 7.95. The molecular weight excluding hydrogens is 424 g/mol. The SMILES string of the molecule is COc1c(N2C[C@H](CO)[C@H](C(F)(F)F)C2)c(F)cc2c(=O)c(C(=O)O)cn(C3CC3)c12. The summed E-state index contributed by atoms with van der Waals surface area (Å²) in [7, 11) is 1.21. The van der Waals surface area contributed by atoms with Crippen LogP contribution in [0.25, 0.3) is 10.9 Å². The highest BCUT2D eigenvalue weighted by atomic mass is 19.4. The van der Waals surface area contributed by atoms with E-state index in [4.69, 9.17) is 4.74 Å². The Balaban J connectivity index is 1.95. The lowest BCUT2D eigenvalue weighted by atomic mass is 9.97. The third-order valence-electron chi connectivity index (χ3n) is 5.99. The number of benzene rings is 1. The fraction of sp³-hybridized carbons (Fsp3) is 0.500. The van der Waals surface area contributed by atoms with Crippen molar-refractivity contribution in [1.82, 2.24) is 4.57 Å². The molecule has 1 saturated carbocycles. The van der Waals surface area contributed by atoms with E-state index in [9.17, 15) is 33.0 Å². The lowest BCUT2D eigenvalue weighted by Crippen LogP contribution is -2.31. The predicted molar refractivity (Wildman–Crippen MR) is 102 cm³/mol. The number of aromatic nitrogens is 1. The van der Waals surface area contributed by atoms with Crippen molar-refractivity contribution < 1.29 is 37.3 Å². The molecule has 2 heterocycles. The van der Waals surface area contributed by atoms with Gasteiger partial charge in [-0.2, -0.15) is 13.2 Å². The summed E-state index contributed by atoms with van der Waals surface area (Å²) in [6.07, 6.45) is -1.98. The van der Waals surface area contributed by atoms with E-state index in [1.807, 2.05) is 0 Å². The summed E-state index contributed by atoms with van der Waals surface area (Å²) in [6, 6.07) is 0.732. The van der Waals surface area contributed by atoms with Gasteiger partial charge in [0.1, 0.15) is 11.3 Å². The Kier molecular flexibility index (Phi) is 5.11. The van der Waals surface area contributed by atoms with Crippen molar-refractivity contribution in [2.45, 2.75) is 25.1 Å². The van der Waals surface area contributed by atoms with Gasteiger partial charge >= 0.3 is 12.1 Å². The zero-order valence-electron chi connectivity index (χ0n) is 16.4. The van der Waals surface area contributed by atoms with E-state index in [0.29, 0.717) is 12.8 Å². The first-order valence-electron chi connectivity index (χ1n) is 9.69. The number of methoxy groups -OCH3 is 1. The molecule has 31 heavy (non-hydrogen) atoms. The predicted octanol–water partition coefficient (Wildman–Crippen LogP) is 2.79. The number of rotatable bonds is 5. The van der Waals surface area contributed by atoms with Crippen molar-refractivity contribution in [2.75, 3.05) is 31.7 Å². The Hall–Kier alpha value is -2.82. The Morgan fingerprint density at radius 3 is 2.45 bits per heavy atom. The summed E-state index contributed by atoms with van der Waals surface area (Å²) >= 11 is 0. The Morgan fingerprint density at radius 2 is 1.97 bits per heavy atom. The average Bonchev–Trinajstić information content (AvgIpc) is 3.44. The van der Waals surface area contributed by atoms with E-state index in [-0.39, 0.29) is 34.9 Å². The Labute approximate surface area is 173 Å². The molecule has 0 bridgehead atoms. The number of carboxylic acid groups (broad SMARTS) is 1. The van der Waals surface area contributed by atoms with Crippen molar-refractivity contribution in [3.63, 3.8) is 0 Å². The minimum atomic E-state index is -4.57. The van der Waals surface area contributed by atoms with E-state index < -0.39 is 53.9 Å². The van der Waals surface area contributed by atoms with Gasteiger partial charge in [-0.1, -0.05) is 0 Å². The minimum Gasteiger partial charge on any atom is -0.492 e. The van der Waals surface area contributed by atoms with Crippen LogP contribution in [-0.2, 0) is 0 Å². The van der Waals surface area contributed by atoms with Crippen LogP contribution in [0.15, 0.2) is 17.1 Å². The number of aromatic carboxylic acids is 1. The fourth-order valence-corrected chi connectivity index (χ4v) is 4.33. The third-order valence-corrected chi connectivity index (χ3v) is 5.99. The molecule has 0 radical (unpaired) electrons. The molecule has 2 fully saturated rings. The molecule has 2 aliphatic rings.